The summed E-state index contributed by atoms with van der Waals surface area (Å²) in [5, 5.41) is 12.0. The summed E-state index contributed by atoms with van der Waals surface area (Å²) in [4.78, 5) is 10.9. The number of hydrogen-bond donors (Lipinski definition) is 2. The number of rotatable bonds is 7. The zero-order valence-electron chi connectivity index (χ0n) is 9.71. The second-order valence-corrected chi connectivity index (χ2v) is 4.44. The average Bonchev–Trinajstić information content (AvgIpc) is 2.10. The van der Waals surface area contributed by atoms with Crippen LogP contribution < -0.4 is 5.32 Å². The largest absolute Gasteiger partial charge is 0.480 e. The molecule has 0 bridgehead atoms. The lowest BCUT2D eigenvalue weighted by molar-refractivity contribution is -0.140. The molecule has 0 aliphatic carbocycles. The van der Waals surface area contributed by atoms with Gasteiger partial charge in [-0.1, -0.05) is 34.1 Å². The molecule has 3 nitrogen and oxygen atoms in total. The third kappa shape index (κ3) is 5.97. The van der Waals surface area contributed by atoms with Gasteiger partial charge in [-0.15, -0.1) is 0 Å². The number of hydrogen-bond acceptors (Lipinski definition) is 2. The maximum atomic E-state index is 10.9. The van der Waals surface area contributed by atoms with E-state index in [-0.39, 0.29) is 6.04 Å². The Labute approximate surface area is 86.9 Å². The molecular weight excluding hydrogens is 178 g/mol. The van der Waals surface area contributed by atoms with Gasteiger partial charge in [-0.25, -0.2) is 0 Å². The van der Waals surface area contributed by atoms with Crippen molar-refractivity contribution in [2.75, 3.05) is 6.54 Å². The molecule has 0 heterocycles. The van der Waals surface area contributed by atoms with E-state index < -0.39 is 5.97 Å². The van der Waals surface area contributed by atoms with Gasteiger partial charge in [0.15, 0.2) is 0 Å². The summed E-state index contributed by atoms with van der Waals surface area (Å²) in [5.74, 6) is 0.228. The molecule has 0 aromatic heterocycles. The molecule has 0 aliphatic rings. The Kier molecular flexibility index (Phi) is 6.54. The molecular formula is C11H23NO2. The molecule has 84 valence electrons. The van der Waals surface area contributed by atoms with Crippen molar-refractivity contribution in [2.45, 2.75) is 46.6 Å². The van der Waals surface area contributed by atoms with Crippen LogP contribution >= 0.6 is 0 Å². The fourth-order valence-corrected chi connectivity index (χ4v) is 1.23. The van der Waals surface area contributed by atoms with Crippen LogP contribution in [0.2, 0.25) is 0 Å². The van der Waals surface area contributed by atoms with E-state index in [9.17, 15) is 4.79 Å². The van der Waals surface area contributed by atoms with Gasteiger partial charge in [0, 0.05) is 0 Å². The van der Waals surface area contributed by atoms with Crippen molar-refractivity contribution in [2.24, 2.45) is 11.8 Å². The van der Waals surface area contributed by atoms with Crippen molar-refractivity contribution < 1.29 is 9.90 Å². The van der Waals surface area contributed by atoms with Gasteiger partial charge in [-0.05, 0) is 24.8 Å². The zero-order valence-corrected chi connectivity index (χ0v) is 9.71. The third-order valence-electron chi connectivity index (χ3n) is 2.41. The van der Waals surface area contributed by atoms with Crippen LogP contribution in [0.1, 0.15) is 40.5 Å². The molecule has 0 aromatic rings. The van der Waals surface area contributed by atoms with E-state index in [1.54, 1.807) is 0 Å². The van der Waals surface area contributed by atoms with E-state index >= 15 is 0 Å². The summed E-state index contributed by atoms with van der Waals surface area (Å²) in [7, 11) is 0. The lowest BCUT2D eigenvalue weighted by atomic mass is 10.0. The van der Waals surface area contributed by atoms with Gasteiger partial charge < -0.3 is 10.4 Å². The molecule has 0 fully saturated rings. The van der Waals surface area contributed by atoms with Crippen molar-refractivity contribution in [3.63, 3.8) is 0 Å². The topological polar surface area (TPSA) is 49.3 Å². The SMILES string of the molecule is CCC(C)CNC(CC(C)C)C(=O)O. The van der Waals surface area contributed by atoms with Gasteiger partial charge in [0.05, 0.1) is 0 Å². The highest BCUT2D eigenvalue weighted by Gasteiger charge is 2.18. The first-order valence-electron chi connectivity index (χ1n) is 5.43. The Hall–Kier alpha value is -0.570. The lowest BCUT2D eigenvalue weighted by Gasteiger charge is -2.18. The first-order chi connectivity index (χ1) is 6.47. The molecule has 14 heavy (non-hydrogen) atoms. The Bertz CT molecular complexity index is 169. The van der Waals surface area contributed by atoms with E-state index in [4.69, 9.17) is 5.11 Å². The summed E-state index contributed by atoms with van der Waals surface area (Å²) < 4.78 is 0. The lowest BCUT2D eigenvalue weighted by Crippen LogP contribution is -2.39. The number of carbonyl (C=O) groups is 1. The van der Waals surface area contributed by atoms with Crippen LogP contribution in [0, 0.1) is 11.8 Å². The van der Waals surface area contributed by atoms with E-state index in [0.717, 1.165) is 13.0 Å². The van der Waals surface area contributed by atoms with Gasteiger partial charge in [0.2, 0.25) is 0 Å². The fourth-order valence-electron chi connectivity index (χ4n) is 1.23. The highest BCUT2D eigenvalue weighted by atomic mass is 16.4. The highest BCUT2D eigenvalue weighted by Crippen LogP contribution is 2.06. The van der Waals surface area contributed by atoms with Crippen molar-refractivity contribution in [1.82, 2.24) is 5.32 Å². The van der Waals surface area contributed by atoms with Crippen LogP contribution in [0.15, 0.2) is 0 Å². The predicted molar refractivity (Wildman–Crippen MR) is 58.3 cm³/mol. The molecule has 2 atom stereocenters. The Morgan fingerprint density at radius 2 is 1.93 bits per heavy atom. The standard InChI is InChI=1S/C11H23NO2/c1-5-9(4)7-12-10(11(13)14)6-8(2)3/h8-10,12H,5-7H2,1-4H3,(H,13,14). The van der Waals surface area contributed by atoms with Crippen LogP contribution in [0.3, 0.4) is 0 Å². The highest BCUT2D eigenvalue weighted by molar-refractivity contribution is 5.73. The van der Waals surface area contributed by atoms with Crippen LogP contribution in [0.25, 0.3) is 0 Å². The summed E-state index contributed by atoms with van der Waals surface area (Å²) >= 11 is 0. The van der Waals surface area contributed by atoms with Crippen molar-refractivity contribution in [1.29, 1.82) is 0 Å². The predicted octanol–water partition coefficient (Wildman–Crippen LogP) is 2.12. The van der Waals surface area contributed by atoms with Crippen LogP contribution in [-0.4, -0.2) is 23.7 Å². The summed E-state index contributed by atoms with van der Waals surface area (Å²) in [6.45, 7) is 9.12. The molecule has 0 rings (SSSR count). The van der Waals surface area contributed by atoms with Crippen molar-refractivity contribution in [3.8, 4) is 0 Å². The average molecular weight is 201 g/mol. The summed E-state index contributed by atoms with van der Waals surface area (Å²) in [6, 6.07) is -0.385. The fraction of sp³-hybridized carbons (Fsp3) is 0.909. The maximum absolute atomic E-state index is 10.9. The minimum absolute atomic E-state index is 0.385. The van der Waals surface area contributed by atoms with Crippen molar-refractivity contribution in [3.05, 3.63) is 0 Å². The Balaban J connectivity index is 3.91. The number of aliphatic carboxylic acids is 1. The quantitative estimate of drug-likeness (QED) is 0.663. The molecule has 2 N–H and O–H groups in total. The first kappa shape index (κ1) is 13.4. The molecule has 0 radical (unpaired) electrons. The van der Waals surface area contributed by atoms with Gasteiger partial charge in [-0.3, -0.25) is 4.79 Å². The van der Waals surface area contributed by atoms with Crippen LogP contribution in [0.5, 0.6) is 0 Å². The third-order valence-corrected chi connectivity index (χ3v) is 2.41. The monoisotopic (exact) mass is 201 g/mol. The second kappa shape index (κ2) is 6.82. The van der Waals surface area contributed by atoms with Crippen LogP contribution in [-0.2, 0) is 4.79 Å². The minimum atomic E-state index is -0.734. The van der Waals surface area contributed by atoms with E-state index in [0.29, 0.717) is 18.3 Å². The molecule has 3 heteroatoms. The number of carboxylic acids is 1. The van der Waals surface area contributed by atoms with Gasteiger partial charge in [0.25, 0.3) is 0 Å². The first-order valence-corrected chi connectivity index (χ1v) is 5.43. The van der Waals surface area contributed by atoms with Crippen molar-refractivity contribution >= 4 is 5.97 Å². The molecule has 0 amide bonds. The molecule has 0 aliphatic heterocycles. The van der Waals surface area contributed by atoms with Crippen LogP contribution in [0.4, 0.5) is 0 Å². The van der Waals surface area contributed by atoms with E-state index in [2.05, 4.69) is 19.2 Å². The second-order valence-electron chi connectivity index (χ2n) is 4.44. The van der Waals surface area contributed by atoms with Gasteiger partial charge >= 0.3 is 5.97 Å². The maximum Gasteiger partial charge on any atom is 0.320 e. The molecule has 0 saturated heterocycles. The Morgan fingerprint density at radius 3 is 2.29 bits per heavy atom. The minimum Gasteiger partial charge on any atom is -0.480 e. The normalized spacial score (nSPS) is 15.5. The van der Waals surface area contributed by atoms with Gasteiger partial charge in [0.1, 0.15) is 6.04 Å². The zero-order chi connectivity index (χ0) is 11.1. The Morgan fingerprint density at radius 1 is 1.36 bits per heavy atom. The summed E-state index contributed by atoms with van der Waals surface area (Å²) in [6.07, 6.45) is 1.78. The van der Waals surface area contributed by atoms with Gasteiger partial charge in [-0.2, -0.15) is 0 Å². The summed E-state index contributed by atoms with van der Waals surface area (Å²) in [5.41, 5.74) is 0. The molecule has 0 aromatic carbocycles. The number of carboxylic acid groups (broad SMARTS) is 1. The van der Waals surface area contributed by atoms with E-state index in [1.807, 2.05) is 13.8 Å². The molecule has 0 spiro atoms. The number of nitrogens with one attached hydrogen (secondary N) is 1. The molecule has 0 saturated carbocycles. The van der Waals surface area contributed by atoms with E-state index in [1.165, 1.54) is 0 Å². The smallest absolute Gasteiger partial charge is 0.320 e. The molecule has 2 unspecified atom stereocenters.